The van der Waals surface area contributed by atoms with Crippen molar-refractivity contribution in [1.29, 1.82) is 0 Å². The number of hydrogen-bond acceptors (Lipinski definition) is 8. The summed E-state index contributed by atoms with van der Waals surface area (Å²) in [4.78, 5) is 14.4. The number of anilines is 1. The summed E-state index contributed by atoms with van der Waals surface area (Å²) in [5.74, 6) is 0.677. The average molecular weight is 524 g/mol. The molecule has 0 aliphatic carbocycles. The number of hydrogen-bond donors (Lipinski definition) is 1. The normalized spacial score (nSPS) is 16.9. The Morgan fingerprint density at radius 3 is 2.59 bits per heavy atom. The molecule has 0 amide bonds. The number of aromatic nitrogens is 6. The quantitative estimate of drug-likeness (QED) is 0.363. The van der Waals surface area contributed by atoms with Crippen LogP contribution in [-0.4, -0.2) is 94.0 Å². The fourth-order valence-electron chi connectivity index (χ4n) is 5.50. The van der Waals surface area contributed by atoms with E-state index in [0.29, 0.717) is 19.2 Å². The first-order valence-corrected chi connectivity index (χ1v) is 13.5. The van der Waals surface area contributed by atoms with E-state index in [2.05, 4.69) is 67.6 Å². The number of fused-ring (bicyclic) bond motifs is 2. The molecule has 0 bridgehead atoms. The van der Waals surface area contributed by atoms with Gasteiger partial charge < -0.3 is 14.4 Å². The van der Waals surface area contributed by atoms with Gasteiger partial charge in [-0.25, -0.2) is 9.97 Å². The molecule has 39 heavy (non-hydrogen) atoms. The molecule has 199 valence electrons. The van der Waals surface area contributed by atoms with E-state index in [1.54, 1.807) is 0 Å². The minimum Gasteiger partial charge on any atom is -0.379 e. The van der Waals surface area contributed by atoms with Gasteiger partial charge in [-0.15, -0.1) is 0 Å². The number of ether oxygens (including phenoxy) is 2. The lowest BCUT2D eigenvalue weighted by molar-refractivity contribution is 0.0383. The number of aromatic amines is 1. The SMILES string of the molecule is Cn1nc(CCN2CCOCC2)c2ccc(-c3nc(N4CCOCC4)n[c]c3-c3ccc4cn[nH]c4c3)cc21. The number of morpholine rings is 2. The van der Waals surface area contributed by atoms with Crippen LogP contribution >= 0.6 is 0 Å². The second-order valence-corrected chi connectivity index (χ2v) is 10.1. The van der Waals surface area contributed by atoms with Crippen molar-refractivity contribution in [3.8, 4) is 22.4 Å². The Morgan fingerprint density at radius 2 is 1.74 bits per heavy atom. The van der Waals surface area contributed by atoms with Gasteiger partial charge in [-0.2, -0.15) is 10.2 Å². The molecule has 2 saturated heterocycles. The van der Waals surface area contributed by atoms with E-state index in [0.717, 1.165) is 96.9 Å². The molecule has 3 aromatic heterocycles. The molecule has 2 aliphatic heterocycles. The number of H-pyrrole nitrogens is 1. The molecule has 0 unspecified atom stereocenters. The predicted octanol–water partition coefficient (Wildman–Crippen LogP) is 3.09. The molecule has 2 aliphatic rings. The maximum Gasteiger partial charge on any atom is 0.226 e. The molecule has 2 fully saturated rings. The topological polar surface area (TPSA) is 97.2 Å². The summed E-state index contributed by atoms with van der Waals surface area (Å²) in [5.41, 5.74) is 6.89. The zero-order chi connectivity index (χ0) is 26.2. The zero-order valence-corrected chi connectivity index (χ0v) is 22.1. The Kier molecular flexibility index (Phi) is 6.43. The number of rotatable bonds is 6. The third-order valence-electron chi connectivity index (χ3n) is 7.71. The Balaban J connectivity index is 1.28. The Morgan fingerprint density at radius 1 is 0.949 bits per heavy atom. The number of nitrogens with zero attached hydrogens (tertiary/aromatic N) is 7. The highest BCUT2D eigenvalue weighted by Crippen LogP contribution is 2.34. The highest BCUT2D eigenvalue weighted by Gasteiger charge is 2.20. The third kappa shape index (κ3) is 4.75. The lowest BCUT2D eigenvalue weighted by Crippen LogP contribution is -2.37. The summed E-state index contributed by atoms with van der Waals surface area (Å²) < 4.78 is 13.0. The predicted molar refractivity (Wildman–Crippen MR) is 150 cm³/mol. The maximum absolute atomic E-state index is 5.55. The molecule has 0 atom stereocenters. The van der Waals surface area contributed by atoms with Gasteiger partial charge in [-0.3, -0.25) is 14.7 Å². The van der Waals surface area contributed by atoms with Gasteiger partial charge in [-0.05, 0) is 17.7 Å². The van der Waals surface area contributed by atoms with Gasteiger partial charge in [-0.1, -0.05) is 24.3 Å². The van der Waals surface area contributed by atoms with Crippen LogP contribution in [0.1, 0.15) is 5.69 Å². The second-order valence-electron chi connectivity index (χ2n) is 10.1. The van der Waals surface area contributed by atoms with Crippen LogP contribution in [0.3, 0.4) is 0 Å². The van der Waals surface area contributed by atoms with Crippen LogP contribution in [0.25, 0.3) is 44.2 Å². The molecule has 10 nitrogen and oxygen atoms in total. The lowest BCUT2D eigenvalue weighted by Gasteiger charge is -2.27. The van der Waals surface area contributed by atoms with Gasteiger partial charge >= 0.3 is 0 Å². The summed E-state index contributed by atoms with van der Waals surface area (Å²) in [6.45, 7) is 7.45. The fraction of sp³-hybridized carbons (Fsp3) is 0.379. The van der Waals surface area contributed by atoms with Crippen molar-refractivity contribution in [2.45, 2.75) is 6.42 Å². The first kappa shape index (κ1) is 24.2. The number of nitrogens with one attached hydrogen (secondary N) is 1. The van der Waals surface area contributed by atoms with Crippen molar-refractivity contribution in [3.63, 3.8) is 0 Å². The summed E-state index contributed by atoms with van der Waals surface area (Å²) >= 11 is 0. The van der Waals surface area contributed by atoms with Crippen molar-refractivity contribution in [2.75, 3.05) is 64.1 Å². The smallest absolute Gasteiger partial charge is 0.226 e. The Labute approximate surface area is 226 Å². The fourth-order valence-corrected chi connectivity index (χ4v) is 5.50. The van der Waals surface area contributed by atoms with E-state index >= 15 is 0 Å². The van der Waals surface area contributed by atoms with Crippen molar-refractivity contribution in [2.24, 2.45) is 7.05 Å². The molecule has 1 radical (unpaired) electrons. The summed E-state index contributed by atoms with van der Waals surface area (Å²) in [5, 5.41) is 14.4. The summed E-state index contributed by atoms with van der Waals surface area (Å²) in [6.07, 6.45) is 6.07. The van der Waals surface area contributed by atoms with Crippen molar-refractivity contribution in [3.05, 3.63) is 54.5 Å². The van der Waals surface area contributed by atoms with Crippen molar-refractivity contribution >= 4 is 27.8 Å². The van der Waals surface area contributed by atoms with E-state index in [4.69, 9.17) is 19.6 Å². The van der Waals surface area contributed by atoms with Crippen LogP contribution in [0.15, 0.2) is 42.6 Å². The average Bonchev–Trinajstić information content (AvgIpc) is 3.60. The molecular formula is C29H31N8O2. The Hall–Kier alpha value is -3.86. The molecule has 0 spiro atoms. The van der Waals surface area contributed by atoms with Crippen molar-refractivity contribution in [1.82, 2.24) is 34.8 Å². The largest absolute Gasteiger partial charge is 0.379 e. The van der Waals surface area contributed by atoms with Gasteiger partial charge in [0.2, 0.25) is 5.95 Å². The minimum absolute atomic E-state index is 0.672. The van der Waals surface area contributed by atoms with E-state index in [9.17, 15) is 0 Å². The second kappa shape index (κ2) is 10.4. The third-order valence-corrected chi connectivity index (χ3v) is 7.71. The molecular weight excluding hydrogens is 492 g/mol. The van der Waals surface area contributed by atoms with Crippen LogP contribution < -0.4 is 4.90 Å². The molecule has 0 saturated carbocycles. The van der Waals surface area contributed by atoms with Crippen LogP contribution in [0.5, 0.6) is 0 Å². The van der Waals surface area contributed by atoms with Crippen molar-refractivity contribution < 1.29 is 9.47 Å². The first-order valence-electron chi connectivity index (χ1n) is 13.5. The minimum atomic E-state index is 0.672. The van der Waals surface area contributed by atoms with E-state index in [1.165, 1.54) is 5.39 Å². The van der Waals surface area contributed by atoms with E-state index < -0.39 is 0 Å². The number of benzene rings is 2. The maximum atomic E-state index is 5.55. The molecule has 10 heteroatoms. The highest BCUT2D eigenvalue weighted by molar-refractivity contribution is 5.91. The highest BCUT2D eigenvalue weighted by atomic mass is 16.5. The molecule has 2 aromatic carbocycles. The number of aryl methyl sites for hydroxylation is 1. The Bertz CT molecular complexity index is 1610. The van der Waals surface area contributed by atoms with Crippen LogP contribution in [0, 0.1) is 6.20 Å². The van der Waals surface area contributed by atoms with Crippen LogP contribution in [0.4, 0.5) is 5.95 Å². The first-order chi connectivity index (χ1) is 19.2. The van der Waals surface area contributed by atoms with E-state index in [1.807, 2.05) is 17.9 Å². The van der Waals surface area contributed by atoms with Gasteiger partial charge in [0, 0.05) is 68.1 Å². The molecule has 5 heterocycles. The summed E-state index contributed by atoms with van der Waals surface area (Å²) in [7, 11) is 2.02. The van der Waals surface area contributed by atoms with Gasteiger partial charge in [0.25, 0.3) is 0 Å². The molecule has 7 rings (SSSR count). The van der Waals surface area contributed by atoms with Gasteiger partial charge in [0.15, 0.2) is 0 Å². The van der Waals surface area contributed by atoms with Gasteiger partial charge in [0.05, 0.1) is 55.0 Å². The van der Waals surface area contributed by atoms with E-state index in [-0.39, 0.29) is 0 Å². The zero-order valence-electron chi connectivity index (χ0n) is 22.1. The monoisotopic (exact) mass is 523 g/mol. The van der Waals surface area contributed by atoms with Gasteiger partial charge in [0.1, 0.15) is 6.20 Å². The standard InChI is InChI=1S/C29H31N8O2/c1-35-27-17-21(4-5-23(27)25(34-35)6-7-36-8-12-38-13-9-36)28-24(20-2-3-22-18-31-33-26(22)16-20)19-30-29(32-28)37-10-14-39-15-11-37/h2-5,16-18H,6-15H2,1H3,(H,31,33). The van der Waals surface area contributed by atoms with Crippen LogP contribution in [0.2, 0.25) is 0 Å². The molecule has 1 N–H and O–H groups in total. The summed E-state index contributed by atoms with van der Waals surface area (Å²) in [6, 6.07) is 12.8. The van der Waals surface area contributed by atoms with Crippen LogP contribution in [-0.2, 0) is 22.9 Å². The molecule has 5 aromatic rings. The lowest BCUT2D eigenvalue weighted by atomic mass is 9.99.